The smallest absolute Gasteiger partial charge is 0.274 e. The Kier molecular flexibility index (Phi) is 4.66. The molecule has 26 heavy (non-hydrogen) atoms. The average Bonchev–Trinajstić information content (AvgIpc) is 3.18. The molecule has 6 nitrogen and oxygen atoms in total. The second-order valence-corrected chi connectivity index (χ2v) is 7.12. The molecule has 0 saturated carbocycles. The number of rotatable bonds is 3. The van der Waals surface area contributed by atoms with Crippen molar-refractivity contribution in [3.05, 3.63) is 59.4 Å². The summed E-state index contributed by atoms with van der Waals surface area (Å²) in [6, 6.07) is 6.54. The molecule has 3 aromatic rings. The van der Waals surface area contributed by atoms with Crippen LogP contribution in [0.3, 0.4) is 0 Å². The van der Waals surface area contributed by atoms with Gasteiger partial charge >= 0.3 is 0 Å². The van der Waals surface area contributed by atoms with Gasteiger partial charge in [0, 0.05) is 37.0 Å². The highest BCUT2D eigenvalue weighted by Gasteiger charge is 2.28. The molecule has 0 aliphatic carbocycles. The molecule has 0 N–H and O–H groups in total. The molecule has 3 heterocycles. The Morgan fingerprint density at radius 1 is 1.23 bits per heavy atom. The molecule has 0 spiro atoms. The number of hydrogen-bond acceptors (Lipinski definition) is 6. The van der Waals surface area contributed by atoms with Crippen LogP contribution in [-0.4, -0.2) is 44.1 Å². The number of likely N-dealkylation sites (tertiary alicyclic amines) is 1. The Bertz CT molecular complexity index is 917. The first kappa shape index (κ1) is 16.7. The minimum Gasteiger partial charge on any atom is -0.337 e. The largest absolute Gasteiger partial charge is 0.337 e. The van der Waals surface area contributed by atoms with E-state index >= 15 is 0 Å². The first-order valence-corrected chi connectivity index (χ1v) is 9.17. The molecule has 132 valence electrons. The first-order chi connectivity index (χ1) is 12.7. The van der Waals surface area contributed by atoms with E-state index in [2.05, 4.69) is 20.2 Å². The fraction of sp³-hybridized carbons (Fsp3) is 0.278. The van der Waals surface area contributed by atoms with Gasteiger partial charge in [-0.05, 0) is 25.0 Å². The highest BCUT2D eigenvalue weighted by atomic mass is 32.1. The third-order valence-electron chi connectivity index (χ3n) is 4.39. The lowest BCUT2D eigenvalue weighted by Gasteiger charge is -2.31. The van der Waals surface area contributed by atoms with E-state index in [0.717, 1.165) is 17.8 Å². The van der Waals surface area contributed by atoms with Crippen LogP contribution in [0.5, 0.6) is 0 Å². The maximum absolute atomic E-state index is 14.0. The molecule has 1 unspecified atom stereocenters. The number of amides is 1. The van der Waals surface area contributed by atoms with E-state index < -0.39 is 0 Å². The van der Waals surface area contributed by atoms with Crippen molar-refractivity contribution in [2.45, 2.75) is 18.8 Å². The number of halogens is 1. The van der Waals surface area contributed by atoms with Gasteiger partial charge in [-0.1, -0.05) is 23.5 Å². The van der Waals surface area contributed by atoms with Crippen molar-refractivity contribution in [1.29, 1.82) is 0 Å². The predicted molar refractivity (Wildman–Crippen MR) is 95.2 cm³/mol. The number of nitrogens with zero attached hydrogens (tertiary/aromatic N) is 5. The fourth-order valence-corrected chi connectivity index (χ4v) is 4.07. The highest BCUT2D eigenvalue weighted by Crippen LogP contribution is 2.33. The van der Waals surface area contributed by atoms with Gasteiger partial charge in [-0.2, -0.15) is 0 Å². The second-order valence-electron chi connectivity index (χ2n) is 6.11. The fourth-order valence-electron chi connectivity index (χ4n) is 3.08. The standard InChI is InChI=1S/C18H16FN5OS/c19-14-6-2-1-5-13(14)17-23-22-16(26-17)12-4-3-9-24(11-12)18(25)15-10-20-7-8-21-15/h1-2,5-8,10,12H,3-4,9,11H2. The molecule has 0 bridgehead atoms. The minimum absolute atomic E-state index is 0.0994. The van der Waals surface area contributed by atoms with E-state index in [1.165, 1.54) is 29.8 Å². The molecule has 1 aliphatic rings. The van der Waals surface area contributed by atoms with Gasteiger partial charge in [0.25, 0.3) is 5.91 Å². The topological polar surface area (TPSA) is 71.9 Å². The van der Waals surface area contributed by atoms with Crippen molar-refractivity contribution in [2.75, 3.05) is 13.1 Å². The molecule has 2 aromatic heterocycles. The minimum atomic E-state index is -0.307. The molecule has 8 heteroatoms. The molecule has 1 atom stereocenters. The van der Waals surface area contributed by atoms with Crippen LogP contribution in [0, 0.1) is 5.82 Å². The van der Waals surface area contributed by atoms with Crippen molar-refractivity contribution in [1.82, 2.24) is 25.1 Å². The second kappa shape index (κ2) is 7.25. The van der Waals surface area contributed by atoms with Gasteiger partial charge in [0.1, 0.15) is 16.5 Å². The van der Waals surface area contributed by atoms with E-state index in [4.69, 9.17) is 0 Å². The van der Waals surface area contributed by atoms with Crippen LogP contribution in [0.15, 0.2) is 42.9 Å². The Morgan fingerprint density at radius 3 is 2.92 bits per heavy atom. The summed E-state index contributed by atoms with van der Waals surface area (Å²) in [7, 11) is 0. The van der Waals surface area contributed by atoms with Crippen molar-refractivity contribution in [3.8, 4) is 10.6 Å². The Balaban J connectivity index is 1.52. The molecule has 1 fully saturated rings. The number of benzene rings is 1. The van der Waals surface area contributed by atoms with Crippen molar-refractivity contribution in [3.63, 3.8) is 0 Å². The lowest BCUT2D eigenvalue weighted by Crippen LogP contribution is -2.39. The summed E-state index contributed by atoms with van der Waals surface area (Å²) in [5.74, 6) is -0.331. The van der Waals surface area contributed by atoms with Crippen LogP contribution in [-0.2, 0) is 0 Å². The summed E-state index contributed by atoms with van der Waals surface area (Å²) in [5.41, 5.74) is 0.803. The van der Waals surface area contributed by atoms with Gasteiger partial charge in [0.05, 0.1) is 6.20 Å². The Morgan fingerprint density at radius 2 is 2.12 bits per heavy atom. The maximum Gasteiger partial charge on any atom is 0.274 e. The molecule has 4 rings (SSSR count). The van der Waals surface area contributed by atoms with Crippen molar-refractivity contribution in [2.24, 2.45) is 0 Å². The molecule has 0 radical (unpaired) electrons. The number of carbonyl (C=O) groups is 1. The van der Waals surface area contributed by atoms with Crippen LogP contribution >= 0.6 is 11.3 Å². The van der Waals surface area contributed by atoms with Gasteiger partial charge in [-0.3, -0.25) is 9.78 Å². The number of aromatic nitrogens is 4. The Labute approximate surface area is 153 Å². The predicted octanol–water partition coefficient (Wildman–Crippen LogP) is 3.15. The average molecular weight is 369 g/mol. The zero-order chi connectivity index (χ0) is 17.9. The Hall–Kier alpha value is -2.74. The van der Waals surface area contributed by atoms with Crippen LogP contribution in [0.25, 0.3) is 10.6 Å². The molecular weight excluding hydrogens is 353 g/mol. The van der Waals surface area contributed by atoms with Crippen molar-refractivity contribution >= 4 is 17.2 Å². The molecule has 1 aliphatic heterocycles. The van der Waals surface area contributed by atoms with Gasteiger partial charge in [0.2, 0.25) is 0 Å². The zero-order valence-corrected chi connectivity index (χ0v) is 14.7. The summed E-state index contributed by atoms with van der Waals surface area (Å²) in [5, 5.41) is 9.81. The summed E-state index contributed by atoms with van der Waals surface area (Å²) in [4.78, 5) is 22.4. The molecule has 1 amide bonds. The lowest BCUT2D eigenvalue weighted by molar-refractivity contribution is 0.0700. The van der Waals surface area contributed by atoms with Crippen molar-refractivity contribution < 1.29 is 9.18 Å². The third-order valence-corrected chi connectivity index (χ3v) is 5.50. The summed E-state index contributed by atoms with van der Waals surface area (Å²) in [6.07, 6.45) is 6.34. The molecule has 1 saturated heterocycles. The normalized spacial score (nSPS) is 17.3. The van der Waals surface area contributed by atoms with E-state index in [0.29, 0.717) is 29.4 Å². The van der Waals surface area contributed by atoms with E-state index in [9.17, 15) is 9.18 Å². The van der Waals surface area contributed by atoms with E-state index in [1.807, 2.05) is 0 Å². The summed E-state index contributed by atoms with van der Waals surface area (Å²) < 4.78 is 14.0. The zero-order valence-electron chi connectivity index (χ0n) is 13.9. The number of carbonyl (C=O) groups excluding carboxylic acids is 1. The number of hydrogen-bond donors (Lipinski definition) is 0. The lowest BCUT2D eigenvalue weighted by atomic mass is 9.98. The maximum atomic E-state index is 14.0. The van der Waals surface area contributed by atoms with Crippen LogP contribution in [0.1, 0.15) is 34.3 Å². The van der Waals surface area contributed by atoms with Crippen LogP contribution < -0.4 is 0 Å². The SMILES string of the molecule is O=C(c1cnccn1)N1CCCC(c2nnc(-c3ccccc3F)s2)C1. The highest BCUT2D eigenvalue weighted by molar-refractivity contribution is 7.14. The quantitative estimate of drug-likeness (QED) is 0.709. The first-order valence-electron chi connectivity index (χ1n) is 8.36. The summed E-state index contributed by atoms with van der Waals surface area (Å²) in [6.45, 7) is 1.24. The van der Waals surface area contributed by atoms with Crippen LogP contribution in [0.4, 0.5) is 4.39 Å². The van der Waals surface area contributed by atoms with Crippen LogP contribution in [0.2, 0.25) is 0 Å². The van der Waals surface area contributed by atoms with Gasteiger partial charge < -0.3 is 4.90 Å². The monoisotopic (exact) mass is 369 g/mol. The molecule has 1 aromatic carbocycles. The molecular formula is C18H16FN5OS. The summed E-state index contributed by atoms with van der Waals surface area (Å²) >= 11 is 1.39. The van der Waals surface area contributed by atoms with E-state index in [-0.39, 0.29) is 17.6 Å². The third kappa shape index (κ3) is 3.32. The van der Waals surface area contributed by atoms with Gasteiger partial charge in [-0.25, -0.2) is 9.37 Å². The van der Waals surface area contributed by atoms with Gasteiger partial charge in [0.15, 0.2) is 5.01 Å². The van der Waals surface area contributed by atoms with Gasteiger partial charge in [-0.15, -0.1) is 10.2 Å². The number of piperidine rings is 1. The van der Waals surface area contributed by atoms with E-state index in [1.54, 1.807) is 29.3 Å².